The predicted octanol–water partition coefficient (Wildman–Crippen LogP) is -1.72. The summed E-state index contributed by atoms with van der Waals surface area (Å²) in [6, 6.07) is 0. The van der Waals surface area contributed by atoms with Gasteiger partial charge in [-0.15, -0.1) is 0 Å². The molecule has 0 aliphatic carbocycles. The van der Waals surface area contributed by atoms with Crippen molar-refractivity contribution in [1.29, 1.82) is 0 Å². The molecule has 0 saturated heterocycles. The Kier molecular flexibility index (Phi) is 2.25. The van der Waals surface area contributed by atoms with Gasteiger partial charge in [-0.05, 0) is 0 Å². The van der Waals surface area contributed by atoms with E-state index in [0.717, 1.165) is 0 Å². The van der Waals surface area contributed by atoms with Gasteiger partial charge in [-0.25, -0.2) is 9.59 Å². The molecule has 0 bridgehead atoms. The zero-order valence-electron chi connectivity index (χ0n) is 4.87. The second kappa shape index (κ2) is 2.72. The van der Waals surface area contributed by atoms with Crippen LogP contribution < -0.4 is 11.5 Å². The van der Waals surface area contributed by atoms with Gasteiger partial charge in [0.15, 0.2) is 0 Å². The van der Waals surface area contributed by atoms with E-state index in [-0.39, 0.29) is 0 Å². The van der Waals surface area contributed by atoms with Crippen LogP contribution in [0.25, 0.3) is 0 Å². The van der Waals surface area contributed by atoms with Gasteiger partial charge in [-0.1, -0.05) is 0 Å². The molecule has 0 atom stereocenters. The molecule has 0 saturated carbocycles. The fourth-order valence-corrected chi connectivity index (χ4v) is 0.230. The van der Waals surface area contributed by atoms with Crippen LogP contribution in [0.15, 0.2) is 11.4 Å². The molecular formula is C4H6N2O4. The number of hydrogen-bond acceptors (Lipinski definition) is 4. The minimum atomic E-state index is -1.54. The molecule has 6 nitrogen and oxygen atoms in total. The average molecular weight is 146 g/mol. The average Bonchev–Trinajstić information content (AvgIpc) is 1.84. The third-order valence-electron chi connectivity index (χ3n) is 0.751. The van der Waals surface area contributed by atoms with Crippen molar-refractivity contribution in [2.24, 2.45) is 11.5 Å². The number of carboxylic acid groups (broad SMARTS) is 2. The van der Waals surface area contributed by atoms with E-state index < -0.39 is 23.3 Å². The summed E-state index contributed by atoms with van der Waals surface area (Å²) in [5.74, 6) is -3.08. The molecular weight excluding hydrogens is 140 g/mol. The minimum Gasteiger partial charge on any atom is -0.477 e. The molecule has 0 unspecified atom stereocenters. The molecule has 0 aliphatic heterocycles. The van der Waals surface area contributed by atoms with Crippen LogP contribution in [0.2, 0.25) is 0 Å². The maximum Gasteiger partial charge on any atom is 0.354 e. The number of carbonyl (C=O) groups is 2. The zero-order chi connectivity index (χ0) is 8.31. The van der Waals surface area contributed by atoms with Crippen molar-refractivity contribution in [2.75, 3.05) is 0 Å². The van der Waals surface area contributed by atoms with Gasteiger partial charge in [0.2, 0.25) is 0 Å². The lowest BCUT2D eigenvalue weighted by Gasteiger charge is -1.95. The maximum atomic E-state index is 9.92. The van der Waals surface area contributed by atoms with Crippen molar-refractivity contribution >= 4 is 11.9 Å². The molecule has 0 aromatic rings. The van der Waals surface area contributed by atoms with Crippen LogP contribution in [0.5, 0.6) is 0 Å². The second-order valence-corrected chi connectivity index (χ2v) is 1.44. The largest absolute Gasteiger partial charge is 0.477 e. The normalized spacial score (nSPS) is 12.0. The highest BCUT2D eigenvalue weighted by Crippen LogP contribution is 1.89. The summed E-state index contributed by atoms with van der Waals surface area (Å²) >= 11 is 0. The molecule has 0 aromatic heterocycles. The first kappa shape index (κ1) is 8.28. The molecule has 0 aliphatic rings. The van der Waals surface area contributed by atoms with E-state index in [4.69, 9.17) is 21.7 Å². The first-order valence-corrected chi connectivity index (χ1v) is 2.18. The fraction of sp³-hybridized carbons (Fsp3) is 0. The number of aliphatic carboxylic acids is 2. The zero-order valence-corrected chi connectivity index (χ0v) is 4.87. The number of rotatable bonds is 2. The molecule has 0 aromatic carbocycles. The SMILES string of the molecule is N/C(C(=O)O)=C(/N)C(=O)O. The third-order valence-corrected chi connectivity index (χ3v) is 0.751. The summed E-state index contributed by atoms with van der Waals surface area (Å²) in [7, 11) is 0. The molecule has 6 N–H and O–H groups in total. The van der Waals surface area contributed by atoms with Gasteiger partial charge in [-0.2, -0.15) is 0 Å². The minimum absolute atomic E-state index is 0.854. The Morgan fingerprint density at radius 1 is 0.900 bits per heavy atom. The summed E-state index contributed by atoms with van der Waals surface area (Å²) in [5.41, 5.74) is 7.76. The Hall–Kier alpha value is -1.72. The van der Waals surface area contributed by atoms with Crippen LogP contribution in [-0.2, 0) is 9.59 Å². The van der Waals surface area contributed by atoms with Gasteiger partial charge >= 0.3 is 11.9 Å². The Balaban J connectivity index is 4.67. The summed E-state index contributed by atoms with van der Waals surface area (Å²) in [6.07, 6.45) is 0. The highest BCUT2D eigenvalue weighted by molar-refractivity contribution is 5.97. The number of hydrogen-bond donors (Lipinski definition) is 4. The Morgan fingerprint density at radius 2 is 1.10 bits per heavy atom. The lowest BCUT2D eigenvalue weighted by atomic mass is 10.3. The summed E-state index contributed by atoms with van der Waals surface area (Å²) in [5, 5.41) is 16.2. The monoisotopic (exact) mass is 146 g/mol. The smallest absolute Gasteiger partial charge is 0.354 e. The van der Waals surface area contributed by atoms with Gasteiger partial charge in [0, 0.05) is 0 Å². The first-order chi connectivity index (χ1) is 4.46. The van der Waals surface area contributed by atoms with Crippen LogP contribution >= 0.6 is 0 Å². The van der Waals surface area contributed by atoms with E-state index in [1.807, 2.05) is 0 Å². The van der Waals surface area contributed by atoms with Gasteiger partial charge < -0.3 is 21.7 Å². The van der Waals surface area contributed by atoms with Gasteiger partial charge in [0.05, 0.1) is 0 Å². The molecule has 10 heavy (non-hydrogen) atoms. The van der Waals surface area contributed by atoms with E-state index in [9.17, 15) is 9.59 Å². The first-order valence-electron chi connectivity index (χ1n) is 2.18. The Bertz CT molecular complexity index is 185. The van der Waals surface area contributed by atoms with E-state index in [1.165, 1.54) is 0 Å². The van der Waals surface area contributed by atoms with Gasteiger partial charge in [0.25, 0.3) is 0 Å². The molecule has 6 heteroatoms. The van der Waals surface area contributed by atoms with E-state index in [1.54, 1.807) is 0 Å². The molecule has 56 valence electrons. The second-order valence-electron chi connectivity index (χ2n) is 1.44. The topological polar surface area (TPSA) is 127 Å². The lowest BCUT2D eigenvalue weighted by Crippen LogP contribution is -2.22. The van der Waals surface area contributed by atoms with Gasteiger partial charge in [-0.3, -0.25) is 0 Å². The highest BCUT2D eigenvalue weighted by atomic mass is 16.4. The van der Waals surface area contributed by atoms with Crippen LogP contribution in [-0.4, -0.2) is 22.2 Å². The Labute approximate surface area is 55.7 Å². The molecule has 0 spiro atoms. The van der Waals surface area contributed by atoms with Crippen molar-refractivity contribution in [2.45, 2.75) is 0 Å². The number of nitrogens with two attached hydrogens (primary N) is 2. The maximum absolute atomic E-state index is 9.92. The van der Waals surface area contributed by atoms with Gasteiger partial charge in [0.1, 0.15) is 11.4 Å². The molecule has 0 amide bonds. The van der Waals surface area contributed by atoms with Crippen LogP contribution in [0.4, 0.5) is 0 Å². The van der Waals surface area contributed by atoms with Crippen LogP contribution in [0, 0.1) is 0 Å². The summed E-state index contributed by atoms with van der Waals surface area (Å²) in [4.78, 5) is 19.8. The van der Waals surface area contributed by atoms with E-state index >= 15 is 0 Å². The van der Waals surface area contributed by atoms with Crippen molar-refractivity contribution < 1.29 is 19.8 Å². The van der Waals surface area contributed by atoms with Crippen LogP contribution in [0.1, 0.15) is 0 Å². The van der Waals surface area contributed by atoms with E-state index in [0.29, 0.717) is 0 Å². The van der Waals surface area contributed by atoms with Crippen molar-refractivity contribution in [3.63, 3.8) is 0 Å². The van der Waals surface area contributed by atoms with E-state index in [2.05, 4.69) is 0 Å². The fourth-order valence-electron chi connectivity index (χ4n) is 0.230. The molecule has 0 heterocycles. The van der Waals surface area contributed by atoms with Crippen molar-refractivity contribution in [1.82, 2.24) is 0 Å². The Morgan fingerprint density at radius 3 is 1.20 bits per heavy atom. The predicted molar refractivity (Wildman–Crippen MR) is 30.7 cm³/mol. The molecule has 0 fully saturated rings. The number of carboxylic acids is 2. The quantitative estimate of drug-likeness (QED) is 0.343. The molecule has 0 radical (unpaired) electrons. The highest BCUT2D eigenvalue weighted by Gasteiger charge is 2.12. The van der Waals surface area contributed by atoms with Crippen molar-refractivity contribution in [3.8, 4) is 0 Å². The lowest BCUT2D eigenvalue weighted by molar-refractivity contribution is -0.136. The summed E-state index contributed by atoms with van der Waals surface area (Å²) < 4.78 is 0. The summed E-state index contributed by atoms with van der Waals surface area (Å²) in [6.45, 7) is 0. The van der Waals surface area contributed by atoms with Crippen LogP contribution in [0.3, 0.4) is 0 Å². The third kappa shape index (κ3) is 1.66. The standard InChI is InChI=1S/C4H6N2O4/c5-1(3(7)8)2(6)4(9)10/h5-6H2,(H,7,8)(H,9,10)/b2-1+. The van der Waals surface area contributed by atoms with Crippen molar-refractivity contribution in [3.05, 3.63) is 11.4 Å². The molecule has 0 rings (SSSR count).